The van der Waals surface area contributed by atoms with Gasteiger partial charge in [0, 0.05) is 24.8 Å². The molecule has 1 saturated heterocycles. The van der Waals surface area contributed by atoms with Crippen LogP contribution in [0.3, 0.4) is 0 Å². The summed E-state index contributed by atoms with van der Waals surface area (Å²) in [5, 5.41) is 11.9. The van der Waals surface area contributed by atoms with E-state index in [4.69, 9.17) is 4.74 Å². The number of pyridine rings is 1. The molecular formula is C24H26N6O4S. The van der Waals surface area contributed by atoms with Crippen LogP contribution in [-0.2, 0) is 20.9 Å². The quantitative estimate of drug-likeness (QED) is 0.337. The first kappa shape index (κ1) is 24.4. The van der Waals surface area contributed by atoms with Crippen LogP contribution in [0.15, 0.2) is 53.8 Å². The van der Waals surface area contributed by atoms with E-state index in [1.807, 2.05) is 25.1 Å². The van der Waals surface area contributed by atoms with Crippen LogP contribution in [0.2, 0.25) is 0 Å². The number of carbonyl (C=O) groups is 3. The molecule has 3 heterocycles. The fraction of sp³-hybridized carbons (Fsp3) is 0.333. The molecule has 2 amide bonds. The van der Waals surface area contributed by atoms with Gasteiger partial charge < -0.3 is 15.0 Å². The minimum Gasteiger partial charge on any atom is -0.462 e. The lowest BCUT2D eigenvalue weighted by Gasteiger charge is -2.16. The molecule has 0 atom stereocenters. The summed E-state index contributed by atoms with van der Waals surface area (Å²) in [6.07, 6.45) is 3.80. The van der Waals surface area contributed by atoms with Crippen molar-refractivity contribution in [2.75, 3.05) is 24.2 Å². The molecule has 1 aromatic carbocycles. The first-order chi connectivity index (χ1) is 17.0. The zero-order valence-electron chi connectivity index (χ0n) is 19.3. The highest BCUT2D eigenvalue weighted by Crippen LogP contribution is 2.23. The molecule has 0 spiro atoms. The number of thioether (sulfide) groups is 1. The average molecular weight is 495 g/mol. The second kappa shape index (κ2) is 11.6. The molecule has 10 nitrogen and oxygen atoms in total. The summed E-state index contributed by atoms with van der Waals surface area (Å²) in [6.45, 7) is 3.32. The van der Waals surface area contributed by atoms with E-state index in [0.29, 0.717) is 54.2 Å². The molecule has 35 heavy (non-hydrogen) atoms. The third-order valence-corrected chi connectivity index (χ3v) is 6.19. The number of carbonyl (C=O) groups excluding carboxylic acids is 3. The van der Waals surface area contributed by atoms with Crippen LogP contribution in [0, 0.1) is 0 Å². The van der Waals surface area contributed by atoms with Crippen LogP contribution in [0.4, 0.5) is 5.69 Å². The van der Waals surface area contributed by atoms with Gasteiger partial charge in [-0.05, 0) is 49.2 Å². The van der Waals surface area contributed by atoms with Crippen molar-refractivity contribution >= 4 is 35.2 Å². The lowest BCUT2D eigenvalue weighted by atomic mass is 10.2. The number of amides is 2. The van der Waals surface area contributed by atoms with Gasteiger partial charge in [-0.15, -0.1) is 10.2 Å². The molecule has 1 aliphatic heterocycles. The standard InChI is InChI=1S/C24H26N6O4S/c1-2-14-34-23(33)17-8-10-18(11-9-17)26-21(31)16-35-24-28-27-20(15-29-13-5-7-22(29)32)30(24)19-6-3-4-12-25-19/h3-4,6,8-12H,2,5,7,13-16H2,1H3,(H,26,31). The topological polar surface area (TPSA) is 119 Å². The Bertz CT molecular complexity index is 1180. The molecule has 182 valence electrons. The van der Waals surface area contributed by atoms with Gasteiger partial charge >= 0.3 is 5.97 Å². The van der Waals surface area contributed by atoms with Crippen LogP contribution in [0.25, 0.3) is 5.82 Å². The summed E-state index contributed by atoms with van der Waals surface area (Å²) in [5.41, 5.74) is 1.00. The molecule has 1 N–H and O–H groups in total. The van der Waals surface area contributed by atoms with Crippen molar-refractivity contribution in [2.45, 2.75) is 37.9 Å². The van der Waals surface area contributed by atoms with Gasteiger partial charge in [0.05, 0.1) is 24.5 Å². The van der Waals surface area contributed by atoms with Gasteiger partial charge in [0.15, 0.2) is 11.0 Å². The molecule has 1 fully saturated rings. The average Bonchev–Trinajstić information content (AvgIpc) is 3.48. The van der Waals surface area contributed by atoms with Crippen molar-refractivity contribution in [3.63, 3.8) is 0 Å². The maximum Gasteiger partial charge on any atom is 0.338 e. The monoisotopic (exact) mass is 494 g/mol. The highest BCUT2D eigenvalue weighted by molar-refractivity contribution is 7.99. The predicted molar refractivity (Wildman–Crippen MR) is 130 cm³/mol. The number of benzene rings is 1. The lowest BCUT2D eigenvalue weighted by molar-refractivity contribution is -0.128. The second-order valence-corrected chi connectivity index (χ2v) is 8.83. The molecule has 0 aliphatic carbocycles. The first-order valence-electron chi connectivity index (χ1n) is 11.4. The van der Waals surface area contributed by atoms with Crippen molar-refractivity contribution in [3.8, 4) is 5.82 Å². The summed E-state index contributed by atoms with van der Waals surface area (Å²) in [6, 6.07) is 12.0. The van der Waals surface area contributed by atoms with Gasteiger partial charge in [0.25, 0.3) is 0 Å². The first-order valence-corrected chi connectivity index (χ1v) is 12.4. The second-order valence-electron chi connectivity index (χ2n) is 7.89. The lowest BCUT2D eigenvalue weighted by Crippen LogP contribution is -2.26. The van der Waals surface area contributed by atoms with Crippen LogP contribution in [-0.4, -0.2) is 61.3 Å². The number of nitrogens with one attached hydrogen (secondary N) is 1. The van der Waals surface area contributed by atoms with E-state index in [9.17, 15) is 14.4 Å². The van der Waals surface area contributed by atoms with E-state index in [2.05, 4.69) is 20.5 Å². The number of likely N-dealkylation sites (tertiary alicyclic amines) is 1. The Balaban J connectivity index is 1.41. The van der Waals surface area contributed by atoms with E-state index in [-0.39, 0.29) is 23.5 Å². The van der Waals surface area contributed by atoms with Crippen molar-refractivity contribution in [1.29, 1.82) is 0 Å². The van der Waals surface area contributed by atoms with Crippen LogP contribution < -0.4 is 5.32 Å². The van der Waals surface area contributed by atoms with Crippen molar-refractivity contribution in [1.82, 2.24) is 24.6 Å². The minimum absolute atomic E-state index is 0.0912. The highest BCUT2D eigenvalue weighted by Gasteiger charge is 2.24. The van der Waals surface area contributed by atoms with E-state index in [1.165, 1.54) is 11.8 Å². The third kappa shape index (κ3) is 6.24. The Labute approximate surface area is 207 Å². The fourth-order valence-electron chi connectivity index (χ4n) is 3.55. The number of nitrogens with zero attached hydrogens (tertiary/aromatic N) is 5. The Morgan fingerprint density at radius 3 is 2.66 bits per heavy atom. The van der Waals surface area contributed by atoms with Gasteiger partial charge in [0.2, 0.25) is 11.8 Å². The van der Waals surface area contributed by atoms with E-state index >= 15 is 0 Å². The summed E-state index contributed by atoms with van der Waals surface area (Å²) in [7, 11) is 0. The van der Waals surface area contributed by atoms with Crippen LogP contribution >= 0.6 is 11.8 Å². The Hall–Kier alpha value is -3.73. The Kier molecular flexibility index (Phi) is 8.09. The number of hydrogen-bond donors (Lipinski definition) is 1. The van der Waals surface area contributed by atoms with Gasteiger partial charge in [-0.25, -0.2) is 9.78 Å². The van der Waals surface area contributed by atoms with E-state index < -0.39 is 0 Å². The number of rotatable bonds is 10. The van der Waals surface area contributed by atoms with Gasteiger partial charge in [-0.2, -0.15) is 0 Å². The summed E-state index contributed by atoms with van der Waals surface area (Å²) < 4.78 is 6.89. The molecule has 0 bridgehead atoms. The van der Waals surface area contributed by atoms with E-state index in [1.54, 1.807) is 39.9 Å². The smallest absolute Gasteiger partial charge is 0.338 e. The largest absolute Gasteiger partial charge is 0.462 e. The van der Waals surface area contributed by atoms with Gasteiger partial charge in [0.1, 0.15) is 5.82 Å². The minimum atomic E-state index is -0.388. The van der Waals surface area contributed by atoms with E-state index in [0.717, 1.165) is 12.8 Å². The number of aromatic nitrogens is 4. The normalized spacial score (nSPS) is 13.2. The van der Waals surface area contributed by atoms with Crippen LogP contribution in [0.5, 0.6) is 0 Å². The molecule has 2 aromatic heterocycles. The molecule has 1 aliphatic rings. The maximum absolute atomic E-state index is 12.6. The molecular weight excluding hydrogens is 468 g/mol. The van der Waals surface area contributed by atoms with Crippen LogP contribution in [0.1, 0.15) is 42.4 Å². The molecule has 4 rings (SSSR count). The van der Waals surface area contributed by atoms with Gasteiger partial charge in [-0.1, -0.05) is 24.8 Å². The third-order valence-electron chi connectivity index (χ3n) is 5.26. The number of hydrogen-bond acceptors (Lipinski definition) is 8. The number of esters is 1. The molecule has 0 unspecified atom stereocenters. The highest BCUT2D eigenvalue weighted by atomic mass is 32.2. The SMILES string of the molecule is CCCOC(=O)c1ccc(NC(=O)CSc2nnc(CN3CCCC3=O)n2-c2ccccn2)cc1. The number of anilines is 1. The summed E-state index contributed by atoms with van der Waals surface area (Å²) in [5.74, 6) is 0.774. The van der Waals surface area contributed by atoms with Gasteiger partial charge in [-0.3, -0.25) is 14.2 Å². The molecule has 3 aromatic rings. The Morgan fingerprint density at radius 1 is 1.14 bits per heavy atom. The Morgan fingerprint density at radius 2 is 1.97 bits per heavy atom. The van der Waals surface area contributed by atoms with Crippen molar-refractivity contribution < 1.29 is 19.1 Å². The summed E-state index contributed by atoms with van der Waals surface area (Å²) in [4.78, 5) is 42.7. The predicted octanol–water partition coefficient (Wildman–Crippen LogP) is 3.08. The molecule has 0 radical (unpaired) electrons. The molecule has 0 saturated carbocycles. The summed E-state index contributed by atoms with van der Waals surface area (Å²) >= 11 is 1.23. The van der Waals surface area contributed by atoms with Crippen molar-refractivity contribution in [2.24, 2.45) is 0 Å². The molecule has 11 heteroatoms. The number of ether oxygens (including phenoxy) is 1. The van der Waals surface area contributed by atoms with Crippen molar-refractivity contribution in [3.05, 3.63) is 60.0 Å². The zero-order valence-corrected chi connectivity index (χ0v) is 20.2. The zero-order chi connectivity index (χ0) is 24.6. The fourth-order valence-corrected chi connectivity index (χ4v) is 4.31. The maximum atomic E-state index is 12.6.